The Kier molecular flexibility index (Phi) is 7.13. The lowest BCUT2D eigenvalue weighted by molar-refractivity contribution is -0.274. The summed E-state index contributed by atoms with van der Waals surface area (Å²) in [6.45, 7) is 2.73. The average molecular weight is 512 g/mol. The molecule has 0 bridgehead atoms. The Hall–Kier alpha value is -2.16. The predicted molar refractivity (Wildman–Crippen MR) is 110 cm³/mol. The van der Waals surface area contributed by atoms with E-state index in [1.54, 1.807) is 0 Å². The Labute approximate surface area is 189 Å². The van der Waals surface area contributed by atoms with Crippen molar-refractivity contribution in [3.8, 4) is 5.75 Å². The van der Waals surface area contributed by atoms with Crippen LogP contribution >= 0.6 is 0 Å². The Bertz CT molecular complexity index is 1170. The van der Waals surface area contributed by atoms with E-state index in [2.05, 4.69) is 19.3 Å². The topological polar surface area (TPSA) is 128 Å². The Morgan fingerprint density at radius 2 is 1.64 bits per heavy atom. The number of halogens is 3. The zero-order valence-electron chi connectivity index (χ0n) is 17.9. The van der Waals surface area contributed by atoms with Crippen LogP contribution in [0.15, 0.2) is 38.6 Å². The largest absolute Gasteiger partial charge is 0.573 e. The molecule has 0 radical (unpaired) electrons. The number of benzene rings is 1. The van der Waals surface area contributed by atoms with Gasteiger partial charge >= 0.3 is 6.36 Å². The summed E-state index contributed by atoms with van der Waals surface area (Å²) in [5.41, 5.74) is -0.927. The second-order valence-corrected chi connectivity index (χ2v) is 11.3. The summed E-state index contributed by atoms with van der Waals surface area (Å²) < 4.78 is 102. The van der Waals surface area contributed by atoms with Crippen molar-refractivity contribution in [1.82, 2.24) is 14.6 Å². The molecular formula is C19H24F3N3O6S2. The van der Waals surface area contributed by atoms with Gasteiger partial charge in [0.25, 0.3) is 0 Å². The standard InChI is InChI=1S/C19H24F3N3O6S2/c1-13-17(14(2)31-24-13)33(28,29)23-12-18(10-4-3-5-11-18)25-32(26,27)16-8-6-15(7-9-16)30-19(20,21)22/h6-9,23,25H,3-5,10-12H2,1-2H3. The number of nitrogens with zero attached hydrogens (tertiary/aromatic N) is 1. The van der Waals surface area contributed by atoms with Gasteiger partial charge in [0.1, 0.15) is 16.3 Å². The molecule has 0 unspecified atom stereocenters. The van der Waals surface area contributed by atoms with Gasteiger partial charge in [0.15, 0.2) is 5.76 Å². The lowest BCUT2D eigenvalue weighted by atomic mass is 9.83. The first-order chi connectivity index (χ1) is 15.2. The first-order valence-electron chi connectivity index (χ1n) is 10.1. The number of nitrogens with one attached hydrogen (secondary N) is 2. The van der Waals surface area contributed by atoms with E-state index in [0.717, 1.165) is 30.7 Å². The molecule has 1 aliphatic carbocycles. The highest BCUT2D eigenvalue weighted by Gasteiger charge is 2.38. The molecule has 1 heterocycles. The fourth-order valence-electron chi connectivity index (χ4n) is 3.87. The number of aryl methyl sites for hydroxylation is 2. The average Bonchev–Trinajstić information content (AvgIpc) is 3.05. The second kappa shape index (κ2) is 9.24. The third-order valence-electron chi connectivity index (χ3n) is 5.37. The van der Waals surface area contributed by atoms with E-state index in [1.807, 2.05) is 0 Å². The van der Waals surface area contributed by atoms with Crippen molar-refractivity contribution in [1.29, 1.82) is 0 Å². The number of hydrogen-bond acceptors (Lipinski definition) is 7. The maximum atomic E-state index is 13.0. The van der Waals surface area contributed by atoms with Crippen LogP contribution in [0.2, 0.25) is 0 Å². The molecule has 1 aromatic carbocycles. The third-order valence-corrected chi connectivity index (χ3v) is 8.61. The maximum Gasteiger partial charge on any atom is 0.573 e. The van der Waals surface area contributed by atoms with Gasteiger partial charge in [-0.05, 0) is 51.0 Å². The van der Waals surface area contributed by atoms with Crippen LogP contribution in [0.1, 0.15) is 43.6 Å². The first kappa shape index (κ1) is 25.5. The minimum atomic E-state index is -4.90. The van der Waals surface area contributed by atoms with E-state index < -0.39 is 37.7 Å². The maximum absolute atomic E-state index is 13.0. The van der Waals surface area contributed by atoms with Gasteiger partial charge < -0.3 is 9.26 Å². The molecule has 2 aromatic rings. The lowest BCUT2D eigenvalue weighted by Gasteiger charge is -2.37. The number of sulfonamides is 2. The summed E-state index contributed by atoms with van der Waals surface area (Å²) in [5, 5.41) is 3.64. The van der Waals surface area contributed by atoms with E-state index in [9.17, 15) is 30.0 Å². The van der Waals surface area contributed by atoms with Crippen molar-refractivity contribution in [2.45, 2.75) is 67.6 Å². The number of aromatic nitrogens is 1. The molecule has 2 N–H and O–H groups in total. The van der Waals surface area contributed by atoms with Crippen molar-refractivity contribution in [2.75, 3.05) is 6.54 Å². The SMILES string of the molecule is Cc1noc(C)c1S(=O)(=O)NCC1(NS(=O)(=O)c2ccc(OC(F)(F)F)cc2)CCCCC1. The molecule has 0 atom stereocenters. The molecular weight excluding hydrogens is 487 g/mol. The van der Waals surface area contributed by atoms with E-state index in [4.69, 9.17) is 4.52 Å². The smallest absolute Gasteiger partial charge is 0.406 e. The highest BCUT2D eigenvalue weighted by atomic mass is 32.2. The van der Waals surface area contributed by atoms with Crippen LogP contribution in [0.25, 0.3) is 0 Å². The zero-order chi connectivity index (χ0) is 24.5. The minimum Gasteiger partial charge on any atom is -0.406 e. The second-order valence-electron chi connectivity index (χ2n) is 7.94. The Balaban J connectivity index is 1.81. The molecule has 0 aliphatic heterocycles. The fourth-order valence-corrected chi connectivity index (χ4v) is 6.78. The first-order valence-corrected chi connectivity index (χ1v) is 13.0. The monoisotopic (exact) mass is 511 g/mol. The van der Waals surface area contributed by atoms with E-state index in [-0.39, 0.29) is 27.8 Å². The lowest BCUT2D eigenvalue weighted by Crippen LogP contribution is -2.56. The van der Waals surface area contributed by atoms with Gasteiger partial charge in [-0.3, -0.25) is 0 Å². The summed E-state index contributed by atoms with van der Waals surface area (Å²) in [4.78, 5) is -0.368. The van der Waals surface area contributed by atoms with Crippen LogP contribution in [0.4, 0.5) is 13.2 Å². The number of hydrogen-bond donors (Lipinski definition) is 2. The molecule has 33 heavy (non-hydrogen) atoms. The van der Waals surface area contributed by atoms with Crippen LogP contribution in [-0.4, -0.2) is 40.4 Å². The van der Waals surface area contributed by atoms with Crippen LogP contribution in [0.3, 0.4) is 0 Å². The Morgan fingerprint density at radius 3 is 2.15 bits per heavy atom. The fraction of sp³-hybridized carbons (Fsp3) is 0.526. The van der Waals surface area contributed by atoms with Crippen molar-refractivity contribution in [3.05, 3.63) is 35.7 Å². The highest BCUT2D eigenvalue weighted by Crippen LogP contribution is 2.31. The minimum absolute atomic E-state index is 0.100. The van der Waals surface area contributed by atoms with Crippen molar-refractivity contribution in [3.63, 3.8) is 0 Å². The summed E-state index contributed by atoms with van der Waals surface area (Å²) in [7, 11) is -8.19. The summed E-state index contributed by atoms with van der Waals surface area (Å²) in [6.07, 6.45) is -1.92. The molecule has 1 saturated carbocycles. The molecule has 14 heteroatoms. The normalized spacial score (nSPS) is 17.1. The van der Waals surface area contributed by atoms with Gasteiger partial charge in [0, 0.05) is 12.1 Å². The van der Waals surface area contributed by atoms with Gasteiger partial charge in [0.05, 0.1) is 4.90 Å². The van der Waals surface area contributed by atoms with Crippen LogP contribution in [-0.2, 0) is 20.0 Å². The van der Waals surface area contributed by atoms with Crippen molar-refractivity contribution in [2.24, 2.45) is 0 Å². The molecule has 9 nitrogen and oxygen atoms in total. The summed E-state index contributed by atoms with van der Waals surface area (Å²) in [5.74, 6) is -0.444. The van der Waals surface area contributed by atoms with Crippen LogP contribution < -0.4 is 14.2 Å². The molecule has 184 valence electrons. The molecule has 1 aromatic heterocycles. The van der Waals surface area contributed by atoms with Gasteiger partial charge in [0.2, 0.25) is 20.0 Å². The number of ether oxygens (including phenoxy) is 1. The molecule has 0 spiro atoms. The van der Waals surface area contributed by atoms with Crippen LogP contribution in [0, 0.1) is 13.8 Å². The van der Waals surface area contributed by atoms with Gasteiger partial charge in [-0.2, -0.15) is 0 Å². The van der Waals surface area contributed by atoms with Crippen LogP contribution in [0.5, 0.6) is 5.75 Å². The summed E-state index contributed by atoms with van der Waals surface area (Å²) in [6, 6.07) is 3.79. The zero-order valence-corrected chi connectivity index (χ0v) is 19.5. The number of alkyl halides is 3. The molecule has 1 aliphatic rings. The third kappa shape index (κ3) is 6.25. The quantitative estimate of drug-likeness (QED) is 0.557. The van der Waals surface area contributed by atoms with E-state index >= 15 is 0 Å². The highest BCUT2D eigenvalue weighted by molar-refractivity contribution is 7.90. The Morgan fingerprint density at radius 1 is 1.03 bits per heavy atom. The van der Waals surface area contributed by atoms with Gasteiger partial charge in [-0.25, -0.2) is 26.3 Å². The number of rotatable bonds is 8. The molecule has 3 rings (SSSR count). The molecule has 0 saturated heterocycles. The van der Waals surface area contributed by atoms with Gasteiger partial charge in [-0.15, -0.1) is 13.2 Å². The van der Waals surface area contributed by atoms with E-state index in [0.29, 0.717) is 25.7 Å². The van der Waals surface area contributed by atoms with Crippen molar-refractivity contribution < 1.29 is 39.3 Å². The van der Waals surface area contributed by atoms with E-state index in [1.165, 1.54) is 13.8 Å². The summed E-state index contributed by atoms with van der Waals surface area (Å²) >= 11 is 0. The van der Waals surface area contributed by atoms with Gasteiger partial charge in [-0.1, -0.05) is 24.4 Å². The molecule has 1 fully saturated rings. The molecule has 0 amide bonds. The predicted octanol–water partition coefficient (Wildman–Crippen LogP) is 3.15. The van der Waals surface area contributed by atoms with Crippen molar-refractivity contribution >= 4 is 20.0 Å².